The average molecular weight is 678 g/mol. The van der Waals surface area contributed by atoms with E-state index < -0.39 is 17.8 Å². The molecule has 0 aliphatic carbocycles. The lowest BCUT2D eigenvalue weighted by Crippen LogP contribution is -2.54. The molecule has 1 fully saturated rings. The first-order chi connectivity index (χ1) is 20.3. The van der Waals surface area contributed by atoms with E-state index in [1.54, 1.807) is 54.6 Å². The molecule has 0 aromatic heterocycles. The number of barbiturate groups is 1. The maximum Gasteiger partial charge on any atom is 0.335 e. The molecule has 10 heteroatoms. The van der Waals surface area contributed by atoms with Crippen LogP contribution in [0, 0.1) is 9.39 Å². The van der Waals surface area contributed by atoms with Gasteiger partial charge >= 0.3 is 6.03 Å². The number of halogens is 2. The molecular weight excluding hydrogens is 654 g/mol. The standard InChI is InChI=1S/C32H24FIN2O6/c1-40-28-17-21(16-27(34)29(28)42-19-22-9-5-6-10-26(22)33)15-25-30(37)35-32(39)36(31(25)38)23-11-13-24(14-12-23)41-18-20-7-3-2-4-8-20/h2-17H,18-19H2,1H3,(H,35,37,39)/b25-15+. The number of benzene rings is 4. The van der Waals surface area contributed by atoms with Gasteiger partial charge in [0.1, 0.15) is 30.4 Å². The van der Waals surface area contributed by atoms with Gasteiger partial charge in [-0.3, -0.25) is 14.9 Å². The Bertz CT molecular complexity index is 1670. The van der Waals surface area contributed by atoms with Crippen LogP contribution in [-0.2, 0) is 22.8 Å². The van der Waals surface area contributed by atoms with Crippen molar-refractivity contribution in [2.45, 2.75) is 13.2 Å². The summed E-state index contributed by atoms with van der Waals surface area (Å²) in [5.74, 6) is -0.725. The fraction of sp³-hybridized carbons (Fsp3) is 0.0938. The van der Waals surface area contributed by atoms with Crippen LogP contribution < -0.4 is 24.4 Å². The third-order valence-corrected chi connectivity index (χ3v) is 7.14. The Morgan fingerprint density at radius 2 is 1.60 bits per heavy atom. The molecule has 1 N–H and O–H groups in total. The zero-order valence-electron chi connectivity index (χ0n) is 22.3. The van der Waals surface area contributed by atoms with Gasteiger partial charge in [-0.15, -0.1) is 0 Å². The Morgan fingerprint density at radius 1 is 0.881 bits per heavy atom. The van der Waals surface area contributed by atoms with Gasteiger partial charge in [0.05, 0.1) is 16.4 Å². The molecule has 0 spiro atoms. The number of ether oxygens (including phenoxy) is 3. The molecule has 0 radical (unpaired) electrons. The number of nitrogens with zero attached hydrogens (tertiary/aromatic N) is 1. The molecule has 4 amide bonds. The monoisotopic (exact) mass is 678 g/mol. The number of hydrogen-bond donors (Lipinski definition) is 1. The number of imide groups is 2. The van der Waals surface area contributed by atoms with E-state index in [1.807, 2.05) is 52.9 Å². The van der Waals surface area contributed by atoms with Gasteiger partial charge in [-0.05, 0) is 82.3 Å². The molecule has 4 aromatic carbocycles. The molecule has 0 saturated carbocycles. The van der Waals surface area contributed by atoms with Crippen molar-refractivity contribution in [2.75, 3.05) is 12.0 Å². The van der Waals surface area contributed by atoms with Crippen molar-refractivity contribution in [3.05, 3.63) is 123 Å². The van der Waals surface area contributed by atoms with E-state index in [0.717, 1.165) is 10.5 Å². The predicted molar refractivity (Wildman–Crippen MR) is 163 cm³/mol. The molecule has 8 nitrogen and oxygen atoms in total. The topological polar surface area (TPSA) is 94.2 Å². The van der Waals surface area contributed by atoms with Crippen LogP contribution in [0.25, 0.3) is 6.08 Å². The zero-order chi connectivity index (χ0) is 29.6. The summed E-state index contributed by atoms with van der Waals surface area (Å²) >= 11 is 2.03. The van der Waals surface area contributed by atoms with E-state index in [0.29, 0.717) is 38.6 Å². The van der Waals surface area contributed by atoms with E-state index in [9.17, 15) is 18.8 Å². The lowest BCUT2D eigenvalue weighted by atomic mass is 10.1. The van der Waals surface area contributed by atoms with Crippen molar-refractivity contribution < 1.29 is 33.0 Å². The van der Waals surface area contributed by atoms with Crippen LogP contribution in [0.5, 0.6) is 17.2 Å². The first kappa shape index (κ1) is 28.8. The van der Waals surface area contributed by atoms with Crippen LogP contribution in [0.3, 0.4) is 0 Å². The van der Waals surface area contributed by atoms with E-state index in [1.165, 1.54) is 19.3 Å². The van der Waals surface area contributed by atoms with Gasteiger partial charge < -0.3 is 14.2 Å². The fourth-order valence-electron chi connectivity index (χ4n) is 4.22. The zero-order valence-corrected chi connectivity index (χ0v) is 24.5. The highest BCUT2D eigenvalue weighted by molar-refractivity contribution is 14.1. The molecule has 0 atom stereocenters. The minimum atomic E-state index is -0.857. The van der Waals surface area contributed by atoms with Crippen LogP contribution in [-0.4, -0.2) is 25.0 Å². The largest absolute Gasteiger partial charge is 0.493 e. The van der Waals surface area contributed by atoms with Crippen LogP contribution in [0.4, 0.5) is 14.9 Å². The van der Waals surface area contributed by atoms with Gasteiger partial charge in [0, 0.05) is 5.56 Å². The van der Waals surface area contributed by atoms with Gasteiger partial charge in [0.2, 0.25) is 0 Å². The molecule has 4 aromatic rings. The van der Waals surface area contributed by atoms with E-state index in [4.69, 9.17) is 14.2 Å². The Kier molecular flexibility index (Phi) is 8.82. The molecule has 42 heavy (non-hydrogen) atoms. The minimum Gasteiger partial charge on any atom is -0.493 e. The summed E-state index contributed by atoms with van der Waals surface area (Å²) in [4.78, 5) is 39.7. The molecular formula is C32H24FIN2O6. The van der Waals surface area contributed by atoms with Crippen molar-refractivity contribution in [3.63, 3.8) is 0 Å². The molecule has 1 aliphatic heterocycles. The first-order valence-corrected chi connectivity index (χ1v) is 13.8. The third-order valence-electron chi connectivity index (χ3n) is 6.34. The summed E-state index contributed by atoms with van der Waals surface area (Å²) < 4.78 is 31.8. The SMILES string of the molecule is COc1cc(/C=C2\C(=O)NC(=O)N(c3ccc(OCc4ccccc4)cc3)C2=O)cc(I)c1OCc1ccccc1F. The number of anilines is 1. The Morgan fingerprint density at radius 3 is 2.31 bits per heavy atom. The van der Waals surface area contributed by atoms with E-state index in [2.05, 4.69) is 5.32 Å². The fourth-order valence-corrected chi connectivity index (χ4v) is 5.00. The van der Waals surface area contributed by atoms with Crippen molar-refractivity contribution in [1.29, 1.82) is 0 Å². The number of hydrogen-bond acceptors (Lipinski definition) is 6. The van der Waals surface area contributed by atoms with E-state index in [-0.39, 0.29) is 23.7 Å². The van der Waals surface area contributed by atoms with Gasteiger partial charge in [-0.25, -0.2) is 14.1 Å². The number of carbonyl (C=O) groups is 3. The predicted octanol–water partition coefficient (Wildman–Crippen LogP) is 6.26. The Hall–Kier alpha value is -4.71. The van der Waals surface area contributed by atoms with Crippen molar-refractivity contribution in [2.24, 2.45) is 0 Å². The van der Waals surface area contributed by atoms with Crippen LogP contribution in [0.1, 0.15) is 16.7 Å². The summed E-state index contributed by atoms with van der Waals surface area (Å²) in [5, 5.41) is 2.22. The second-order valence-electron chi connectivity index (χ2n) is 9.14. The normalized spacial score (nSPS) is 14.1. The smallest absolute Gasteiger partial charge is 0.335 e. The van der Waals surface area contributed by atoms with Gasteiger partial charge in [0.25, 0.3) is 11.8 Å². The molecule has 1 aliphatic rings. The summed E-state index contributed by atoms with van der Waals surface area (Å²) in [7, 11) is 1.45. The number of methoxy groups -OCH3 is 1. The summed E-state index contributed by atoms with van der Waals surface area (Å²) in [6, 6.07) is 24.8. The lowest BCUT2D eigenvalue weighted by Gasteiger charge is -2.26. The second-order valence-corrected chi connectivity index (χ2v) is 10.3. The highest BCUT2D eigenvalue weighted by atomic mass is 127. The molecule has 0 bridgehead atoms. The van der Waals surface area contributed by atoms with Crippen LogP contribution >= 0.6 is 22.6 Å². The summed E-state index contributed by atoms with van der Waals surface area (Å²) in [5.41, 5.74) is 1.87. The lowest BCUT2D eigenvalue weighted by molar-refractivity contribution is -0.122. The molecule has 0 unspecified atom stereocenters. The van der Waals surface area contributed by atoms with Crippen molar-refractivity contribution in [3.8, 4) is 17.2 Å². The first-order valence-electron chi connectivity index (χ1n) is 12.8. The second kappa shape index (κ2) is 12.9. The van der Waals surface area contributed by atoms with Gasteiger partial charge in [-0.1, -0.05) is 48.5 Å². The molecule has 1 heterocycles. The number of nitrogens with one attached hydrogen (secondary N) is 1. The third kappa shape index (κ3) is 6.44. The van der Waals surface area contributed by atoms with Crippen molar-refractivity contribution >= 4 is 52.2 Å². The highest BCUT2D eigenvalue weighted by Gasteiger charge is 2.37. The minimum absolute atomic E-state index is 0.0203. The number of carbonyl (C=O) groups excluding carboxylic acids is 3. The molecule has 1 saturated heterocycles. The maximum atomic E-state index is 14.0. The Labute approximate surface area is 254 Å². The number of urea groups is 1. The van der Waals surface area contributed by atoms with Gasteiger partial charge in [0.15, 0.2) is 11.5 Å². The quantitative estimate of drug-likeness (QED) is 0.128. The van der Waals surface area contributed by atoms with Crippen LogP contribution in [0.15, 0.2) is 96.6 Å². The summed E-state index contributed by atoms with van der Waals surface area (Å²) in [6.07, 6.45) is 1.37. The molecule has 212 valence electrons. The Balaban J connectivity index is 1.35. The number of amides is 4. The number of rotatable bonds is 9. The average Bonchev–Trinajstić information content (AvgIpc) is 2.99. The van der Waals surface area contributed by atoms with Gasteiger partial charge in [-0.2, -0.15) is 0 Å². The molecule has 5 rings (SSSR count). The highest BCUT2D eigenvalue weighted by Crippen LogP contribution is 2.36. The summed E-state index contributed by atoms with van der Waals surface area (Å²) in [6.45, 7) is 0.341. The van der Waals surface area contributed by atoms with E-state index >= 15 is 0 Å². The maximum absolute atomic E-state index is 14.0. The van der Waals surface area contributed by atoms with Crippen molar-refractivity contribution in [1.82, 2.24) is 5.32 Å². The van der Waals surface area contributed by atoms with Crippen LogP contribution in [0.2, 0.25) is 0 Å².